The molecule has 3 heterocycles. The van der Waals surface area contributed by atoms with E-state index in [1.54, 1.807) is 36.7 Å². The maximum absolute atomic E-state index is 13.5. The lowest BCUT2D eigenvalue weighted by Crippen LogP contribution is -2.29. The number of aliphatic hydroxyl groups excluding tert-OH is 1. The molecular weight excluding hydrogens is 373 g/mol. The zero-order valence-electron chi connectivity index (χ0n) is 15.2. The van der Waals surface area contributed by atoms with Crippen molar-refractivity contribution in [2.45, 2.75) is 12.6 Å². The molecule has 0 bridgehead atoms. The fraction of sp³-hybridized carbons (Fsp3) is 0.0909. The van der Waals surface area contributed by atoms with Crippen LogP contribution in [0.15, 0.2) is 78.9 Å². The molecule has 1 aliphatic rings. The third kappa shape index (κ3) is 3.50. The normalized spacial score (nSPS) is 18.2. The van der Waals surface area contributed by atoms with Crippen LogP contribution in [0.25, 0.3) is 5.76 Å². The van der Waals surface area contributed by atoms with Crippen molar-refractivity contribution in [2.75, 3.05) is 0 Å². The molecular formula is C22H16FN3O3. The standard InChI is InChI=1S/C22H16FN3O3/c23-17-5-3-15(4-6-17)19-18(20(27)16-7-10-24-11-8-16)21(28)22(29)26(19)13-14-2-1-9-25-12-14/h1-12,19,27H,13H2/b20-18+. The number of carbonyl (C=O) groups excluding carboxylic acids is 2. The minimum absolute atomic E-state index is 0.0447. The van der Waals surface area contributed by atoms with Gasteiger partial charge < -0.3 is 10.0 Å². The third-order valence-corrected chi connectivity index (χ3v) is 4.76. The molecule has 1 saturated heterocycles. The van der Waals surface area contributed by atoms with E-state index in [1.807, 2.05) is 0 Å². The van der Waals surface area contributed by atoms with Crippen molar-refractivity contribution in [3.05, 3.63) is 101 Å². The van der Waals surface area contributed by atoms with Crippen LogP contribution in [0.4, 0.5) is 4.39 Å². The number of pyridine rings is 2. The molecule has 0 aliphatic carbocycles. The summed E-state index contributed by atoms with van der Waals surface area (Å²) >= 11 is 0. The maximum atomic E-state index is 13.5. The molecule has 1 unspecified atom stereocenters. The van der Waals surface area contributed by atoms with Gasteiger partial charge in [-0.1, -0.05) is 18.2 Å². The summed E-state index contributed by atoms with van der Waals surface area (Å²) in [5, 5.41) is 10.8. The number of ketones is 1. The SMILES string of the molecule is O=C1C(=O)N(Cc2cccnc2)C(c2ccc(F)cc2)/C1=C(\O)c1ccncc1. The van der Waals surface area contributed by atoms with E-state index in [1.165, 1.54) is 41.6 Å². The molecule has 0 radical (unpaired) electrons. The van der Waals surface area contributed by atoms with Gasteiger partial charge >= 0.3 is 0 Å². The maximum Gasteiger partial charge on any atom is 0.295 e. The second kappa shape index (κ2) is 7.63. The molecule has 2 aromatic heterocycles. The lowest BCUT2D eigenvalue weighted by Gasteiger charge is -2.25. The first kappa shape index (κ1) is 18.5. The average molecular weight is 389 g/mol. The van der Waals surface area contributed by atoms with E-state index in [0.29, 0.717) is 11.1 Å². The molecule has 1 aromatic carbocycles. The molecule has 0 saturated carbocycles. The van der Waals surface area contributed by atoms with E-state index in [-0.39, 0.29) is 17.9 Å². The van der Waals surface area contributed by atoms with Crippen LogP contribution in [0.1, 0.15) is 22.7 Å². The average Bonchev–Trinajstić information content (AvgIpc) is 3.00. The highest BCUT2D eigenvalue weighted by Crippen LogP contribution is 2.40. The minimum atomic E-state index is -0.857. The Morgan fingerprint density at radius 3 is 2.38 bits per heavy atom. The highest BCUT2D eigenvalue weighted by molar-refractivity contribution is 6.46. The zero-order valence-corrected chi connectivity index (χ0v) is 15.2. The molecule has 29 heavy (non-hydrogen) atoms. The highest BCUT2D eigenvalue weighted by atomic mass is 19.1. The number of Topliss-reactive ketones (excluding diaryl/α,β-unsaturated/α-hetero) is 1. The van der Waals surface area contributed by atoms with Gasteiger partial charge in [-0.3, -0.25) is 19.6 Å². The summed E-state index contributed by atoms with van der Waals surface area (Å²) in [4.78, 5) is 35.0. The molecule has 1 N–H and O–H groups in total. The molecule has 6 nitrogen and oxygen atoms in total. The highest BCUT2D eigenvalue weighted by Gasteiger charge is 2.46. The van der Waals surface area contributed by atoms with E-state index in [0.717, 1.165) is 5.56 Å². The number of hydrogen-bond acceptors (Lipinski definition) is 5. The fourth-order valence-corrected chi connectivity index (χ4v) is 3.39. The number of halogens is 1. The Balaban J connectivity index is 1.86. The van der Waals surface area contributed by atoms with E-state index in [4.69, 9.17) is 0 Å². The molecule has 3 aromatic rings. The van der Waals surface area contributed by atoms with E-state index in [9.17, 15) is 19.1 Å². The van der Waals surface area contributed by atoms with Gasteiger partial charge in [0, 0.05) is 36.9 Å². The second-order valence-electron chi connectivity index (χ2n) is 6.58. The quantitative estimate of drug-likeness (QED) is 0.421. The van der Waals surface area contributed by atoms with Gasteiger partial charge in [-0.05, 0) is 41.5 Å². The summed E-state index contributed by atoms with van der Waals surface area (Å²) in [5.41, 5.74) is 1.57. The fourth-order valence-electron chi connectivity index (χ4n) is 3.39. The topological polar surface area (TPSA) is 83.4 Å². The van der Waals surface area contributed by atoms with Gasteiger partial charge in [-0.2, -0.15) is 0 Å². The first-order valence-corrected chi connectivity index (χ1v) is 8.89. The Labute approximate surface area is 166 Å². The van der Waals surface area contributed by atoms with Crippen LogP contribution in [0.2, 0.25) is 0 Å². The van der Waals surface area contributed by atoms with Crippen molar-refractivity contribution in [3.8, 4) is 0 Å². The van der Waals surface area contributed by atoms with Crippen LogP contribution in [0, 0.1) is 5.82 Å². The smallest absolute Gasteiger partial charge is 0.295 e. The minimum Gasteiger partial charge on any atom is -0.507 e. The Hall–Kier alpha value is -3.87. The van der Waals surface area contributed by atoms with Crippen LogP contribution in [-0.4, -0.2) is 31.7 Å². The number of nitrogens with zero attached hydrogens (tertiary/aromatic N) is 3. The summed E-state index contributed by atoms with van der Waals surface area (Å²) in [6.45, 7) is 0.119. The van der Waals surface area contributed by atoms with Crippen molar-refractivity contribution in [1.82, 2.24) is 14.9 Å². The summed E-state index contributed by atoms with van der Waals surface area (Å²) < 4.78 is 13.5. The molecule has 1 aliphatic heterocycles. The van der Waals surface area contributed by atoms with Crippen LogP contribution in [-0.2, 0) is 16.1 Å². The number of aliphatic hydroxyl groups is 1. The summed E-state index contributed by atoms with van der Waals surface area (Å²) in [6, 6.07) is 11.3. The second-order valence-corrected chi connectivity index (χ2v) is 6.58. The zero-order chi connectivity index (χ0) is 20.4. The van der Waals surface area contributed by atoms with E-state index < -0.39 is 23.5 Å². The Morgan fingerprint density at radius 1 is 1.00 bits per heavy atom. The number of carbonyl (C=O) groups is 2. The molecule has 1 amide bonds. The van der Waals surface area contributed by atoms with Crippen molar-refractivity contribution in [2.24, 2.45) is 0 Å². The molecule has 144 valence electrons. The largest absolute Gasteiger partial charge is 0.507 e. The van der Waals surface area contributed by atoms with Gasteiger partial charge in [0.15, 0.2) is 0 Å². The Kier molecular flexibility index (Phi) is 4.87. The number of rotatable bonds is 4. The molecule has 1 fully saturated rings. The summed E-state index contributed by atoms with van der Waals surface area (Å²) in [5.74, 6) is -2.27. The van der Waals surface area contributed by atoms with Gasteiger partial charge in [-0.15, -0.1) is 0 Å². The molecule has 7 heteroatoms. The van der Waals surface area contributed by atoms with Crippen molar-refractivity contribution in [3.63, 3.8) is 0 Å². The first-order valence-electron chi connectivity index (χ1n) is 8.89. The van der Waals surface area contributed by atoms with Crippen LogP contribution in [0.5, 0.6) is 0 Å². The molecule has 1 atom stereocenters. The van der Waals surface area contributed by atoms with Crippen LogP contribution >= 0.6 is 0 Å². The number of amides is 1. The van der Waals surface area contributed by atoms with Gasteiger partial charge in [-0.25, -0.2) is 4.39 Å². The Morgan fingerprint density at radius 2 is 1.72 bits per heavy atom. The summed E-state index contributed by atoms with van der Waals surface area (Å²) in [7, 11) is 0. The number of benzene rings is 1. The van der Waals surface area contributed by atoms with Gasteiger partial charge in [0.1, 0.15) is 11.6 Å². The van der Waals surface area contributed by atoms with Crippen molar-refractivity contribution in [1.29, 1.82) is 0 Å². The van der Waals surface area contributed by atoms with Crippen LogP contribution < -0.4 is 0 Å². The molecule has 0 spiro atoms. The summed E-state index contributed by atoms with van der Waals surface area (Å²) in [6.07, 6.45) is 6.17. The predicted octanol–water partition coefficient (Wildman–Crippen LogP) is 3.24. The molecule has 4 rings (SSSR count). The van der Waals surface area contributed by atoms with E-state index in [2.05, 4.69) is 9.97 Å². The lowest BCUT2D eigenvalue weighted by molar-refractivity contribution is -0.140. The van der Waals surface area contributed by atoms with Crippen LogP contribution in [0.3, 0.4) is 0 Å². The number of hydrogen-bond donors (Lipinski definition) is 1. The predicted molar refractivity (Wildman–Crippen MR) is 103 cm³/mol. The van der Waals surface area contributed by atoms with Gasteiger partial charge in [0.2, 0.25) is 0 Å². The number of aromatic nitrogens is 2. The monoisotopic (exact) mass is 389 g/mol. The van der Waals surface area contributed by atoms with E-state index >= 15 is 0 Å². The Bertz CT molecular complexity index is 1080. The first-order chi connectivity index (χ1) is 14.1. The van der Waals surface area contributed by atoms with Gasteiger partial charge in [0.25, 0.3) is 11.7 Å². The van der Waals surface area contributed by atoms with Crippen molar-refractivity contribution >= 4 is 17.4 Å². The third-order valence-electron chi connectivity index (χ3n) is 4.76. The van der Waals surface area contributed by atoms with Gasteiger partial charge in [0.05, 0.1) is 11.6 Å². The number of likely N-dealkylation sites (tertiary alicyclic amines) is 1. The van der Waals surface area contributed by atoms with Crippen molar-refractivity contribution < 1.29 is 19.1 Å². The lowest BCUT2D eigenvalue weighted by atomic mass is 9.95.